The molecule has 2 aliphatic rings. The number of piperazine rings is 1. The molecule has 5 nitrogen and oxygen atoms in total. The van der Waals surface area contributed by atoms with Crippen molar-refractivity contribution < 1.29 is 9.69 Å². The molecule has 5 rings (SSSR count). The van der Waals surface area contributed by atoms with Gasteiger partial charge in [-0.05, 0) is 30.3 Å². The van der Waals surface area contributed by atoms with Crippen LogP contribution in [0.4, 0.5) is 17.1 Å². The summed E-state index contributed by atoms with van der Waals surface area (Å²) in [7, 11) is 0. The predicted molar refractivity (Wildman–Crippen MR) is 121 cm³/mol. The first-order valence-corrected chi connectivity index (χ1v) is 10.5. The molecule has 1 N–H and O–H groups in total. The molecule has 0 radical (unpaired) electrons. The number of fused-ring (bicyclic) bond motifs is 1. The van der Waals surface area contributed by atoms with Crippen molar-refractivity contribution in [3.8, 4) is 0 Å². The van der Waals surface area contributed by atoms with Crippen molar-refractivity contribution in [1.82, 2.24) is 0 Å². The highest BCUT2D eigenvalue weighted by Crippen LogP contribution is 2.30. The number of anilines is 2. The van der Waals surface area contributed by atoms with Gasteiger partial charge < -0.3 is 9.80 Å². The fourth-order valence-electron chi connectivity index (χ4n) is 4.26. The second-order valence-corrected chi connectivity index (χ2v) is 7.78. The SMILES string of the molecule is O=C1C(=Nc2ccccc2)c2ccccc2N1C[NH+]1CCN(c2ccccc2)CC1. The lowest BCUT2D eigenvalue weighted by Crippen LogP contribution is -3.16. The maximum absolute atomic E-state index is 13.3. The average molecular weight is 398 g/mol. The first kappa shape index (κ1) is 18.6. The van der Waals surface area contributed by atoms with Crippen LogP contribution < -0.4 is 14.7 Å². The van der Waals surface area contributed by atoms with Gasteiger partial charge in [0.15, 0.2) is 6.67 Å². The van der Waals surface area contributed by atoms with Gasteiger partial charge in [-0.2, -0.15) is 0 Å². The van der Waals surface area contributed by atoms with Crippen molar-refractivity contribution in [2.24, 2.45) is 4.99 Å². The third-order valence-corrected chi connectivity index (χ3v) is 5.87. The van der Waals surface area contributed by atoms with Gasteiger partial charge in [-0.3, -0.25) is 9.69 Å². The Morgan fingerprint density at radius 3 is 2.17 bits per heavy atom. The molecule has 3 aromatic rings. The maximum atomic E-state index is 13.3. The minimum Gasteiger partial charge on any atom is -0.360 e. The Bertz CT molecular complexity index is 1060. The molecule has 2 heterocycles. The van der Waals surface area contributed by atoms with Crippen molar-refractivity contribution in [2.75, 3.05) is 42.6 Å². The summed E-state index contributed by atoms with van der Waals surface area (Å²) in [6, 6.07) is 28.2. The van der Waals surface area contributed by atoms with Gasteiger partial charge in [-0.25, -0.2) is 4.99 Å². The van der Waals surface area contributed by atoms with Crippen LogP contribution in [0, 0.1) is 0 Å². The summed E-state index contributed by atoms with van der Waals surface area (Å²) in [6.07, 6.45) is 0. The van der Waals surface area contributed by atoms with Gasteiger partial charge in [-0.1, -0.05) is 54.6 Å². The van der Waals surface area contributed by atoms with Crippen LogP contribution in [-0.2, 0) is 4.79 Å². The summed E-state index contributed by atoms with van der Waals surface area (Å²) >= 11 is 0. The minimum atomic E-state index is -0.00181. The van der Waals surface area contributed by atoms with Crippen LogP contribution in [0.15, 0.2) is 89.9 Å². The van der Waals surface area contributed by atoms with Crippen LogP contribution in [0.1, 0.15) is 5.56 Å². The number of quaternary nitrogens is 1. The van der Waals surface area contributed by atoms with Gasteiger partial charge >= 0.3 is 0 Å². The van der Waals surface area contributed by atoms with Crippen LogP contribution >= 0.6 is 0 Å². The Morgan fingerprint density at radius 1 is 0.800 bits per heavy atom. The van der Waals surface area contributed by atoms with Crippen LogP contribution in [0.2, 0.25) is 0 Å². The molecule has 1 fully saturated rings. The molecule has 3 aromatic carbocycles. The summed E-state index contributed by atoms with van der Waals surface area (Å²) in [5.74, 6) is -0.00181. The summed E-state index contributed by atoms with van der Waals surface area (Å²) < 4.78 is 0. The second-order valence-electron chi connectivity index (χ2n) is 7.78. The average Bonchev–Trinajstić information content (AvgIpc) is 3.07. The standard InChI is InChI=1S/C25H24N4O/c30-25-24(26-20-9-3-1-4-10-20)22-13-7-8-14-23(22)29(25)19-27-15-17-28(18-16-27)21-11-5-2-6-12-21/h1-14H,15-19H2/p+1. The van der Waals surface area contributed by atoms with E-state index in [4.69, 9.17) is 0 Å². The molecule has 0 aromatic heterocycles. The van der Waals surface area contributed by atoms with E-state index in [1.165, 1.54) is 10.6 Å². The van der Waals surface area contributed by atoms with E-state index in [1.54, 1.807) is 0 Å². The van der Waals surface area contributed by atoms with Gasteiger partial charge in [-0.15, -0.1) is 0 Å². The number of nitrogens with zero attached hydrogens (tertiary/aromatic N) is 3. The van der Waals surface area contributed by atoms with Crippen molar-refractivity contribution >= 4 is 28.7 Å². The fraction of sp³-hybridized carbons (Fsp3) is 0.200. The second kappa shape index (κ2) is 8.13. The van der Waals surface area contributed by atoms with Gasteiger partial charge in [0, 0.05) is 11.3 Å². The molecular weight excluding hydrogens is 372 g/mol. The van der Waals surface area contributed by atoms with E-state index in [-0.39, 0.29) is 5.91 Å². The first-order valence-electron chi connectivity index (χ1n) is 10.5. The van der Waals surface area contributed by atoms with E-state index in [9.17, 15) is 4.79 Å². The number of benzene rings is 3. The highest BCUT2D eigenvalue weighted by molar-refractivity contribution is 6.54. The third-order valence-electron chi connectivity index (χ3n) is 5.87. The van der Waals surface area contributed by atoms with Crippen LogP contribution in [0.3, 0.4) is 0 Å². The molecular formula is C25H25N4O+. The molecule has 1 amide bonds. The minimum absolute atomic E-state index is 0.00181. The molecule has 0 aliphatic carbocycles. The normalized spacial score (nSPS) is 18.1. The molecule has 1 saturated heterocycles. The van der Waals surface area contributed by atoms with Gasteiger partial charge in [0.05, 0.1) is 37.6 Å². The zero-order valence-corrected chi connectivity index (χ0v) is 16.9. The number of aliphatic imine (C=N–C) groups is 1. The zero-order valence-electron chi connectivity index (χ0n) is 16.9. The smallest absolute Gasteiger partial charge is 0.281 e. The molecule has 2 aliphatic heterocycles. The Labute approximate surface area is 176 Å². The van der Waals surface area contributed by atoms with E-state index in [0.29, 0.717) is 12.4 Å². The molecule has 0 spiro atoms. The van der Waals surface area contributed by atoms with Crippen LogP contribution in [0.25, 0.3) is 0 Å². The Hall–Kier alpha value is -3.44. The van der Waals surface area contributed by atoms with Crippen molar-refractivity contribution in [3.05, 3.63) is 90.5 Å². The summed E-state index contributed by atoms with van der Waals surface area (Å²) in [4.78, 5) is 23.7. The Kier molecular flexibility index (Phi) is 5.03. The lowest BCUT2D eigenvalue weighted by Gasteiger charge is -2.35. The number of hydrogen-bond donors (Lipinski definition) is 1. The topological polar surface area (TPSA) is 40.4 Å². The van der Waals surface area contributed by atoms with Crippen molar-refractivity contribution in [3.63, 3.8) is 0 Å². The monoisotopic (exact) mass is 397 g/mol. The summed E-state index contributed by atoms with van der Waals surface area (Å²) in [5, 5.41) is 0. The van der Waals surface area contributed by atoms with Gasteiger partial charge in [0.1, 0.15) is 5.71 Å². The number of nitrogens with one attached hydrogen (secondary N) is 1. The summed E-state index contributed by atoms with van der Waals surface area (Å²) in [6.45, 7) is 4.67. The Morgan fingerprint density at radius 2 is 1.43 bits per heavy atom. The molecule has 150 valence electrons. The maximum Gasteiger partial charge on any atom is 0.281 e. The number of para-hydroxylation sites is 3. The molecule has 0 bridgehead atoms. The van der Waals surface area contributed by atoms with Crippen LogP contribution in [0.5, 0.6) is 0 Å². The van der Waals surface area contributed by atoms with Gasteiger partial charge in [0.2, 0.25) is 0 Å². The molecule has 0 atom stereocenters. The van der Waals surface area contributed by atoms with E-state index in [1.807, 2.05) is 59.5 Å². The largest absolute Gasteiger partial charge is 0.360 e. The third kappa shape index (κ3) is 3.60. The molecule has 0 unspecified atom stereocenters. The number of carbonyl (C=O) groups excluding carboxylic acids is 1. The van der Waals surface area contributed by atoms with E-state index >= 15 is 0 Å². The zero-order chi connectivity index (χ0) is 20.3. The molecule has 0 saturated carbocycles. The van der Waals surface area contributed by atoms with Crippen molar-refractivity contribution in [1.29, 1.82) is 0 Å². The fourth-order valence-corrected chi connectivity index (χ4v) is 4.26. The number of carbonyl (C=O) groups is 1. The van der Waals surface area contributed by atoms with E-state index < -0.39 is 0 Å². The van der Waals surface area contributed by atoms with Gasteiger partial charge in [0.25, 0.3) is 5.91 Å². The quantitative estimate of drug-likeness (QED) is 0.735. The molecule has 5 heteroatoms. The Balaban J connectivity index is 1.33. The first-order chi connectivity index (χ1) is 14.8. The lowest BCUT2D eigenvalue weighted by atomic mass is 10.1. The lowest BCUT2D eigenvalue weighted by molar-refractivity contribution is -0.899. The highest BCUT2D eigenvalue weighted by atomic mass is 16.2. The van der Waals surface area contributed by atoms with E-state index in [2.05, 4.69) is 40.2 Å². The number of amides is 1. The number of hydrogen-bond acceptors (Lipinski definition) is 3. The summed E-state index contributed by atoms with van der Waals surface area (Å²) in [5.41, 5.74) is 4.51. The predicted octanol–water partition coefficient (Wildman–Crippen LogP) is 2.52. The van der Waals surface area contributed by atoms with Crippen molar-refractivity contribution in [2.45, 2.75) is 0 Å². The molecule has 30 heavy (non-hydrogen) atoms. The van der Waals surface area contributed by atoms with E-state index in [0.717, 1.165) is 43.1 Å². The van der Waals surface area contributed by atoms with Crippen LogP contribution in [-0.4, -0.2) is 44.5 Å². The highest BCUT2D eigenvalue weighted by Gasteiger charge is 2.36. The number of rotatable bonds is 4.